The van der Waals surface area contributed by atoms with Crippen molar-refractivity contribution < 1.29 is 4.42 Å². The molecule has 3 aromatic rings. The lowest BCUT2D eigenvalue weighted by atomic mass is 9.60. The van der Waals surface area contributed by atoms with Gasteiger partial charge in [0.15, 0.2) is 0 Å². The van der Waals surface area contributed by atoms with Gasteiger partial charge >= 0.3 is 0 Å². The largest absolute Gasteiger partial charge is 0.455 e. The summed E-state index contributed by atoms with van der Waals surface area (Å²) in [7, 11) is 0. The number of nitrogens with zero attached hydrogens (tertiary/aromatic N) is 1. The van der Waals surface area contributed by atoms with Gasteiger partial charge in [-0.1, -0.05) is 105 Å². The van der Waals surface area contributed by atoms with Crippen molar-refractivity contribution >= 4 is 27.5 Å². The number of fused-ring (bicyclic) bond motifs is 12. The molecular formula is C43H43NO. The summed E-state index contributed by atoms with van der Waals surface area (Å²) in [5, 5.41) is 2.43. The van der Waals surface area contributed by atoms with Crippen LogP contribution in [0.15, 0.2) is 125 Å². The summed E-state index contributed by atoms with van der Waals surface area (Å²) in [5.41, 5.74) is 9.60. The number of allylic oxidation sites excluding steroid dienone is 11. The van der Waals surface area contributed by atoms with Crippen LogP contribution in [-0.2, 0) is 0 Å². The van der Waals surface area contributed by atoms with E-state index in [1.54, 1.807) is 5.57 Å². The fourth-order valence-corrected chi connectivity index (χ4v) is 11.3. The van der Waals surface area contributed by atoms with Gasteiger partial charge in [-0.3, -0.25) is 0 Å². The van der Waals surface area contributed by atoms with Gasteiger partial charge in [0, 0.05) is 39.6 Å². The molecule has 0 spiro atoms. The van der Waals surface area contributed by atoms with Gasteiger partial charge in [0.05, 0.1) is 6.04 Å². The van der Waals surface area contributed by atoms with E-state index in [9.17, 15) is 0 Å². The molecule has 2 nitrogen and oxygen atoms in total. The van der Waals surface area contributed by atoms with Crippen LogP contribution in [0.4, 0.5) is 0 Å². The third-order valence-electron chi connectivity index (χ3n) is 13.2. The topological polar surface area (TPSA) is 16.4 Å². The SMILES string of the molecule is CC1(C)C2C=CC3C(C=CC4C5=CCCC=C5N(C5=CC=C(c6cccc7c6oc6ccccc67)CC5)C43)C2C2CC=CCC21. The van der Waals surface area contributed by atoms with E-state index in [0.717, 1.165) is 48.2 Å². The predicted octanol–water partition coefficient (Wildman–Crippen LogP) is 10.8. The maximum atomic E-state index is 6.44. The van der Waals surface area contributed by atoms with E-state index in [4.69, 9.17) is 4.42 Å². The number of likely N-dealkylation sites (tertiary alicyclic amines) is 1. The van der Waals surface area contributed by atoms with Crippen LogP contribution < -0.4 is 0 Å². The van der Waals surface area contributed by atoms with Gasteiger partial charge in [0.1, 0.15) is 11.2 Å². The van der Waals surface area contributed by atoms with Gasteiger partial charge in [-0.2, -0.15) is 0 Å². The standard InChI is InChI=1S/C43H43NO/c1-43(2)36-15-6-3-12-35(36)40-31-22-23-32-29-10-4-7-16-38(29)44(41(32)33(31)24-25-37(40)43)27-20-18-26(19-21-27)28-13-9-14-34-30-11-5-8-17-39(30)45-42(28)34/h3,5-6,8-11,13-14,16-18,20,22-25,31-33,35-37,40-41H,4,7,12,15,19,21H2,1-2H3. The molecule has 7 aliphatic rings. The molecule has 1 saturated carbocycles. The molecule has 2 heterocycles. The van der Waals surface area contributed by atoms with Crippen LogP contribution in [0.25, 0.3) is 27.5 Å². The zero-order chi connectivity index (χ0) is 29.9. The molecule has 1 saturated heterocycles. The van der Waals surface area contributed by atoms with Crippen molar-refractivity contribution in [3.05, 3.63) is 126 Å². The maximum Gasteiger partial charge on any atom is 0.142 e. The molecule has 0 bridgehead atoms. The molecule has 1 aromatic heterocycles. The van der Waals surface area contributed by atoms with Crippen LogP contribution in [0, 0.1) is 46.8 Å². The van der Waals surface area contributed by atoms with Crippen molar-refractivity contribution in [1.82, 2.24) is 4.90 Å². The van der Waals surface area contributed by atoms with Gasteiger partial charge < -0.3 is 9.32 Å². The fourth-order valence-electron chi connectivity index (χ4n) is 11.3. The summed E-state index contributed by atoms with van der Waals surface area (Å²) in [4.78, 5) is 2.83. The Hall–Kier alpha value is -3.78. The lowest BCUT2D eigenvalue weighted by Crippen LogP contribution is -2.47. The monoisotopic (exact) mass is 589 g/mol. The summed E-state index contributed by atoms with van der Waals surface area (Å²) in [6.45, 7) is 5.15. The van der Waals surface area contributed by atoms with Crippen molar-refractivity contribution in [2.24, 2.45) is 46.8 Å². The minimum absolute atomic E-state index is 0.371. The highest BCUT2D eigenvalue weighted by molar-refractivity contribution is 6.08. The van der Waals surface area contributed by atoms with Crippen molar-refractivity contribution in [3.8, 4) is 0 Å². The van der Waals surface area contributed by atoms with Gasteiger partial charge in [-0.15, -0.1) is 0 Å². The van der Waals surface area contributed by atoms with Crippen LogP contribution in [0.5, 0.6) is 0 Å². The maximum absolute atomic E-state index is 6.44. The molecule has 8 atom stereocenters. The number of para-hydroxylation sites is 2. The molecule has 0 radical (unpaired) electrons. The first-order valence-electron chi connectivity index (χ1n) is 17.6. The van der Waals surface area contributed by atoms with E-state index < -0.39 is 0 Å². The number of rotatable bonds is 2. The van der Waals surface area contributed by atoms with Gasteiger partial charge in [-0.05, 0) is 96.8 Å². The van der Waals surface area contributed by atoms with E-state index in [1.807, 2.05) is 0 Å². The number of furan rings is 1. The number of hydrogen-bond donors (Lipinski definition) is 0. The molecule has 0 N–H and O–H groups in total. The number of benzene rings is 2. The lowest BCUT2D eigenvalue weighted by Gasteiger charge is -2.48. The van der Waals surface area contributed by atoms with Crippen LogP contribution in [0.3, 0.4) is 0 Å². The van der Waals surface area contributed by atoms with E-state index >= 15 is 0 Å². The molecule has 45 heavy (non-hydrogen) atoms. The third-order valence-corrected chi connectivity index (χ3v) is 13.2. The van der Waals surface area contributed by atoms with Crippen molar-refractivity contribution in [1.29, 1.82) is 0 Å². The molecule has 6 aliphatic carbocycles. The van der Waals surface area contributed by atoms with Crippen LogP contribution in [-0.4, -0.2) is 10.9 Å². The van der Waals surface area contributed by atoms with Gasteiger partial charge in [0.2, 0.25) is 0 Å². The highest BCUT2D eigenvalue weighted by Crippen LogP contribution is 2.65. The molecule has 2 fully saturated rings. The van der Waals surface area contributed by atoms with Crippen LogP contribution in [0.1, 0.15) is 57.9 Å². The van der Waals surface area contributed by atoms with E-state index in [0.29, 0.717) is 35.1 Å². The molecule has 1 aliphatic heterocycles. The first-order chi connectivity index (χ1) is 22.1. The van der Waals surface area contributed by atoms with E-state index in [2.05, 4.69) is 122 Å². The second kappa shape index (κ2) is 9.61. The zero-order valence-electron chi connectivity index (χ0n) is 26.5. The highest BCUT2D eigenvalue weighted by atomic mass is 16.3. The fraction of sp³-hybridized carbons (Fsp3) is 0.395. The van der Waals surface area contributed by atoms with E-state index in [-0.39, 0.29) is 0 Å². The second-order valence-corrected chi connectivity index (χ2v) is 15.4. The Labute approximate surface area is 267 Å². The molecule has 226 valence electrons. The average molecular weight is 590 g/mol. The minimum Gasteiger partial charge on any atom is -0.455 e. The van der Waals surface area contributed by atoms with Crippen molar-refractivity contribution in [2.75, 3.05) is 0 Å². The van der Waals surface area contributed by atoms with Crippen LogP contribution in [0.2, 0.25) is 0 Å². The first-order valence-corrected chi connectivity index (χ1v) is 17.6. The molecule has 0 amide bonds. The summed E-state index contributed by atoms with van der Waals surface area (Å²) >= 11 is 0. The summed E-state index contributed by atoms with van der Waals surface area (Å²) in [6.07, 6.45) is 32.7. The average Bonchev–Trinajstić information content (AvgIpc) is 3.71. The quantitative estimate of drug-likeness (QED) is 0.277. The molecule has 8 unspecified atom stereocenters. The van der Waals surface area contributed by atoms with Crippen molar-refractivity contribution in [3.63, 3.8) is 0 Å². The molecular weight excluding hydrogens is 546 g/mol. The Morgan fingerprint density at radius 3 is 2.56 bits per heavy atom. The van der Waals surface area contributed by atoms with Crippen LogP contribution >= 0.6 is 0 Å². The molecule has 2 aromatic carbocycles. The second-order valence-electron chi connectivity index (χ2n) is 15.4. The Morgan fingerprint density at radius 1 is 0.800 bits per heavy atom. The molecule has 10 rings (SSSR count). The smallest absolute Gasteiger partial charge is 0.142 e. The Balaban J connectivity index is 1.04. The Kier molecular flexibility index (Phi) is 5.65. The lowest BCUT2D eigenvalue weighted by molar-refractivity contribution is 0.117. The summed E-state index contributed by atoms with van der Waals surface area (Å²) in [6, 6.07) is 15.6. The Bertz CT molecular complexity index is 1950. The first kappa shape index (κ1) is 26.4. The zero-order valence-corrected chi connectivity index (χ0v) is 26.5. The Morgan fingerprint density at radius 2 is 1.64 bits per heavy atom. The predicted molar refractivity (Wildman–Crippen MR) is 185 cm³/mol. The normalized spacial score (nSPS) is 35.6. The van der Waals surface area contributed by atoms with Gasteiger partial charge in [0.25, 0.3) is 0 Å². The number of hydrogen-bond acceptors (Lipinski definition) is 2. The van der Waals surface area contributed by atoms with Gasteiger partial charge in [-0.25, -0.2) is 0 Å². The summed E-state index contributed by atoms with van der Waals surface area (Å²) < 4.78 is 6.44. The van der Waals surface area contributed by atoms with E-state index in [1.165, 1.54) is 52.6 Å². The third kappa shape index (κ3) is 3.63. The minimum atomic E-state index is 0.371. The highest BCUT2D eigenvalue weighted by Gasteiger charge is 2.60. The van der Waals surface area contributed by atoms with Crippen molar-refractivity contribution in [2.45, 2.75) is 58.4 Å². The molecule has 2 heteroatoms. The summed E-state index contributed by atoms with van der Waals surface area (Å²) in [5.74, 6) is 4.74.